The molecule has 4 heteroatoms. The number of benzene rings is 5. The van der Waals surface area contributed by atoms with Crippen LogP contribution in [0.5, 0.6) is 23.0 Å². The van der Waals surface area contributed by atoms with Crippen molar-refractivity contribution >= 4 is 0 Å². The largest absolute Gasteiger partial charge is 0.488 e. The Labute approximate surface area is 540 Å². The Morgan fingerprint density at radius 3 is 1.00 bits per heavy atom. The lowest BCUT2D eigenvalue weighted by Gasteiger charge is -2.59. The van der Waals surface area contributed by atoms with Gasteiger partial charge in [0.15, 0.2) is 0 Å². The second-order valence-electron chi connectivity index (χ2n) is 29.8. The lowest BCUT2D eigenvalue weighted by molar-refractivity contribution is -0.145. The van der Waals surface area contributed by atoms with E-state index in [1.54, 1.807) is 0 Å². The molecule has 0 radical (unpaired) electrons. The number of ether oxygens (including phenoxy) is 4. The fourth-order valence-corrected chi connectivity index (χ4v) is 15.6. The minimum Gasteiger partial charge on any atom is -0.488 e. The van der Waals surface area contributed by atoms with E-state index in [4.69, 9.17) is 18.9 Å². The van der Waals surface area contributed by atoms with Crippen LogP contribution >= 0.6 is 0 Å². The lowest BCUT2D eigenvalue weighted by Crippen LogP contribution is -2.59. The second kappa shape index (κ2) is 33.6. The summed E-state index contributed by atoms with van der Waals surface area (Å²) in [5.74, 6) is 11.7. The molecule has 0 aromatic heterocycles. The van der Waals surface area contributed by atoms with Gasteiger partial charge in [0.1, 0.15) is 45.4 Å². The van der Waals surface area contributed by atoms with Crippen LogP contribution < -0.4 is 18.9 Å². The number of rotatable bonds is 20. The minimum atomic E-state index is 0.0812. The smallest absolute Gasteiger partial charge is 0.120 e. The van der Waals surface area contributed by atoms with Crippen LogP contribution in [0.4, 0.5) is 0 Å². The fraction of sp³-hybridized carbons (Fsp3) is 0.643. The fourth-order valence-electron chi connectivity index (χ4n) is 15.6. The molecule has 0 spiro atoms. The summed E-state index contributed by atoms with van der Waals surface area (Å²) in [5.41, 5.74) is 8.85. The van der Waals surface area contributed by atoms with Crippen LogP contribution in [0.2, 0.25) is 0 Å². The van der Waals surface area contributed by atoms with Gasteiger partial charge in [0.25, 0.3) is 0 Å². The van der Waals surface area contributed by atoms with Crippen molar-refractivity contribution in [2.75, 3.05) is 0 Å². The highest BCUT2D eigenvalue weighted by Gasteiger charge is 2.56. The van der Waals surface area contributed by atoms with E-state index in [-0.39, 0.29) is 22.4 Å². The van der Waals surface area contributed by atoms with Gasteiger partial charge in [-0.2, -0.15) is 0 Å². The van der Waals surface area contributed by atoms with Crippen LogP contribution in [0.15, 0.2) is 121 Å². The molecule has 7 fully saturated rings. The maximum Gasteiger partial charge on any atom is 0.120 e. The monoisotopic (exact) mass is 1200 g/mol. The summed E-state index contributed by atoms with van der Waals surface area (Å²) in [6.07, 6.45) is 30.8. The van der Waals surface area contributed by atoms with Crippen molar-refractivity contribution in [3.05, 3.63) is 155 Å². The summed E-state index contributed by atoms with van der Waals surface area (Å²) in [6, 6.07) is 44.0. The van der Waals surface area contributed by atoms with Crippen molar-refractivity contribution in [1.29, 1.82) is 0 Å². The van der Waals surface area contributed by atoms with Crippen molar-refractivity contribution in [3.63, 3.8) is 0 Å². The molecule has 0 amide bonds. The zero-order valence-electron chi connectivity index (χ0n) is 58.9. The molecule has 486 valence electrons. The Morgan fingerprint density at radius 2 is 0.659 bits per heavy atom. The van der Waals surface area contributed by atoms with Gasteiger partial charge in [0.2, 0.25) is 0 Å². The average Bonchev–Trinajstić information content (AvgIpc) is 3.70. The molecular formula is C84H126O4. The zero-order chi connectivity index (χ0) is 63.5. The van der Waals surface area contributed by atoms with E-state index in [2.05, 4.69) is 232 Å². The van der Waals surface area contributed by atoms with Crippen molar-refractivity contribution in [1.82, 2.24) is 0 Å². The highest BCUT2D eigenvalue weighted by Crippen LogP contribution is 2.59. The quantitative estimate of drug-likeness (QED) is 0.0778. The summed E-state index contributed by atoms with van der Waals surface area (Å²) in [7, 11) is 0. The van der Waals surface area contributed by atoms with E-state index >= 15 is 0 Å². The molecule has 0 aliphatic heterocycles. The summed E-state index contributed by atoms with van der Waals surface area (Å²) in [5, 5.41) is 0. The van der Waals surface area contributed by atoms with Crippen LogP contribution in [0.1, 0.15) is 321 Å². The third-order valence-corrected chi connectivity index (χ3v) is 23.2. The number of hydrogen-bond acceptors (Lipinski definition) is 4. The van der Waals surface area contributed by atoms with E-state index in [0.717, 1.165) is 53.1 Å². The van der Waals surface area contributed by atoms with Gasteiger partial charge in [-0.15, -0.1) is 0 Å². The van der Waals surface area contributed by atoms with Crippen LogP contribution in [0.3, 0.4) is 0 Å². The first-order chi connectivity index (χ1) is 42.2. The van der Waals surface area contributed by atoms with Gasteiger partial charge in [-0.1, -0.05) is 175 Å². The predicted octanol–water partition coefficient (Wildman–Crippen LogP) is 25.5. The highest BCUT2D eigenvalue weighted by molar-refractivity contribution is 5.33. The standard InChI is InChI=1S/C21H30O.2C18H28O.C16H24O.C11H16/c1-4-14(2)17-5-7-20(8-6-17)22-21(3)18-10-15-9-16(12-18)13-19(21)11-15;1-5-15(4)16-8-10-17(11-9-16)19-18(14(2)3)12-6-7-13-18;1-4-15(3)16-9-11-17(12-10-16)19-18(5-2)13-7-6-8-14-18;1-4-13(2)14-7-9-15(10-8-14)17-16(3)11-5-6-12-16;1-4-10(3)11-7-5-9(2)6-8-11/h5-8,14-16,18-19H,4,9-13H2,1-3H3;8-11,14-15H,5-7,12-13H2,1-4H3;9-12,15H,4-8,13-14H2,1-3H3;7-10,13H,4-6,11-12H2,1-3H3;5-8,10H,4H2,1-3H3. The number of hydrogen-bond donors (Lipinski definition) is 0. The SMILES string of the molecule is CCC(C)c1ccc(C)cc1.CCC(C)c1ccc(OC2(C(C)C)CCCC2)cc1.CCC(C)c1ccc(OC2(C)C3CC4CC(C3)CC2C4)cc1.CCC(C)c1ccc(OC2(C)CCCC2)cc1.CCC(C)c1ccc(OC2(CC)CCCCC2)cc1. The molecule has 5 aromatic carbocycles. The maximum atomic E-state index is 6.65. The molecule has 0 heterocycles. The maximum absolute atomic E-state index is 6.65. The zero-order valence-corrected chi connectivity index (χ0v) is 58.9. The normalized spacial score (nSPS) is 24.2. The topological polar surface area (TPSA) is 36.9 Å². The Hall–Kier alpha value is -4.70. The summed E-state index contributed by atoms with van der Waals surface area (Å²) in [6.45, 7) is 36.2. The number of aryl methyl sites for hydroxylation is 1. The van der Waals surface area contributed by atoms with Crippen molar-refractivity contribution in [3.8, 4) is 23.0 Å². The minimum absolute atomic E-state index is 0.0812. The highest BCUT2D eigenvalue weighted by atomic mass is 16.5. The molecule has 5 atom stereocenters. The average molecular weight is 1200 g/mol. The molecule has 7 saturated carbocycles. The molecule has 12 rings (SSSR count). The van der Waals surface area contributed by atoms with E-state index in [1.165, 1.54) is 181 Å². The van der Waals surface area contributed by atoms with Gasteiger partial charge in [0, 0.05) is 0 Å². The Balaban J connectivity index is 0.000000159. The molecule has 5 aromatic rings. The first-order valence-electron chi connectivity index (χ1n) is 36.4. The van der Waals surface area contributed by atoms with Crippen LogP contribution in [0.25, 0.3) is 0 Å². The molecule has 7 aliphatic carbocycles. The lowest BCUT2D eigenvalue weighted by atomic mass is 9.50. The van der Waals surface area contributed by atoms with E-state index in [0.29, 0.717) is 35.5 Å². The molecular weight excluding hydrogens is 1070 g/mol. The Morgan fingerprint density at radius 1 is 0.352 bits per heavy atom. The van der Waals surface area contributed by atoms with E-state index < -0.39 is 0 Å². The van der Waals surface area contributed by atoms with Gasteiger partial charge < -0.3 is 18.9 Å². The first kappa shape index (κ1) is 70.8. The van der Waals surface area contributed by atoms with Crippen molar-refractivity contribution in [2.45, 2.75) is 317 Å². The molecule has 7 aliphatic rings. The summed E-state index contributed by atoms with van der Waals surface area (Å²) >= 11 is 0. The van der Waals surface area contributed by atoms with Crippen LogP contribution in [-0.2, 0) is 0 Å². The van der Waals surface area contributed by atoms with Crippen LogP contribution in [0, 0.1) is 36.5 Å². The van der Waals surface area contributed by atoms with Crippen molar-refractivity contribution in [2.24, 2.45) is 29.6 Å². The van der Waals surface area contributed by atoms with Gasteiger partial charge in [0.05, 0.1) is 0 Å². The molecule has 4 nitrogen and oxygen atoms in total. The third kappa shape index (κ3) is 19.4. The predicted molar refractivity (Wildman–Crippen MR) is 377 cm³/mol. The van der Waals surface area contributed by atoms with E-state index in [9.17, 15) is 0 Å². The first-order valence-corrected chi connectivity index (χ1v) is 36.4. The van der Waals surface area contributed by atoms with Crippen LogP contribution in [-0.4, -0.2) is 22.4 Å². The van der Waals surface area contributed by atoms with Gasteiger partial charge >= 0.3 is 0 Å². The van der Waals surface area contributed by atoms with E-state index in [1.807, 2.05) is 0 Å². The molecule has 0 N–H and O–H groups in total. The molecule has 5 unspecified atom stereocenters. The van der Waals surface area contributed by atoms with Gasteiger partial charge in [-0.25, -0.2) is 0 Å². The van der Waals surface area contributed by atoms with Gasteiger partial charge in [-0.3, -0.25) is 0 Å². The molecule has 0 saturated heterocycles. The Bertz CT molecular complexity index is 2690. The molecule has 88 heavy (non-hydrogen) atoms. The Kier molecular flexibility index (Phi) is 27.0. The summed E-state index contributed by atoms with van der Waals surface area (Å²) in [4.78, 5) is 0. The van der Waals surface area contributed by atoms with Gasteiger partial charge in [-0.05, 0) is 304 Å². The third-order valence-electron chi connectivity index (χ3n) is 23.2. The summed E-state index contributed by atoms with van der Waals surface area (Å²) < 4.78 is 25.5. The molecule has 4 bridgehead atoms. The van der Waals surface area contributed by atoms with Crippen molar-refractivity contribution < 1.29 is 18.9 Å². The second-order valence-corrected chi connectivity index (χ2v) is 29.8.